The molecule has 0 saturated carbocycles. The van der Waals surface area contributed by atoms with Crippen molar-refractivity contribution in [2.45, 2.75) is 20.3 Å². The van der Waals surface area contributed by atoms with Gasteiger partial charge in [0.15, 0.2) is 5.75 Å². The van der Waals surface area contributed by atoms with E-state index in [0.717, 1.165) is 0 Å². The Morgan fingerprint density at radius 1 is 1.17 bits per heavy atom. The molecular weight excluding hydrogens is 324 g/mol. The predicted octanol–water partition coefficient (Wildman–Crippen LogP) is 3.59. The molecule has 6 nitrogen and oxygen atoms in total. The SMILES string of the molecule is CCOC(=O)CCOc1c(C(=O)OCC)oc2ccc(Cl)cc12. The minimum atomic E-state index is -0.633. The average molecular weight is 341 g/mol. The number of carbonyl (C=O) groups excluding carboxylic acids is 2. The summed E-state index contributed by atoms with van der Waals surface area (Å²) in [5.41, 5.74) is 0.448. The molecule has 0 radical (unpaired) electrons. The summed E-state index contributed by atoms with van der Waals surface area (Å²) in [7, 11) is 0. The molecule has 0 bridgehead atoms. The lowest BCUT2D eigenvalue weighted by atomic mass is 10.2. The van der Waals surface area contributed by atoms with Gasteiger partial charge in [0, 0.05) is 5.02 Å². The van der Waals surface area contributed by atoms with E-state index < -0.39 is 5.97 Å². The summed E-state index contributed by atoms with van der Waals surface area (Å²) in [6.45, 7) is 3.98. The van der Waals surface area contributed by atoms with Gasteiger partial charge in [-0.05, 0) is 32.0 Å². The normalized spacial score (nSPS) is 10.6. The molecule has 2 aromatic rings. The molecule has 0 aliphatic carbocycles. The number of rotatable bonds is 7. The fraction of sp³-hybridized carbons (Fsp3) is 0.375. The molecule has 0 N–H and O–H groups in total. The Labute approximate surface area is 138 Å². The molecule has 1 aromatic heterocycles. The molecule has 124 valence electrons. The molecule has 2 rings (SSSR count). The molecule has 7 heteroatoms. The van der Waals surface area contributed by atoms with Gasteiger partial charge in [-0.15, -0.1) is 0 Å². The highest BCUT2D eigenvalue weighted by atomic mass is 35.5. The number of furan rings is 1. The van der Waals surface area contributed by atoms with Crippen molar-refractivity contribution in [3.05, 3.63) is 29.0 Å². The Balaban J connectivity index is 2.26. The molecule has 1 aromatic carbocycles. The number of fused-ring (bicyclic) bond motifs is 1. The Bertz CT molecular complexity index is 706. The Hall–Kier alpha value is -2.21. The highest BCUT2D eigenvalue weighted by Crippen LogP contribution is 2.35. The zero-order valence-electron chi connectivity index (χ0n) is 12.9. The third-order valence-electron chi connectivity index (χ3n) is 2.92. The van der Waals surface area contributed by atoms with Crippen LogP contribution in [0.15, 0.2) is 22.6 Å². The molecule has 1 heterocycles. The van der Waals surface area contributed by atoms with Crippen LogP contribution in [-0.4, -0.2) is 31.8 Å². The van der Waals surface area contributed by atoms with Gasteiger partial charge in [0.25, 0.3) is 5.76 Å². The van der Waals surface area contributed by atoms with Gasteiger partial charge in [0.05, 0.1) is 31.6 Å². The number of esters is 2. The van der Waals surface area contributed by atoms with Gasteiger partial charge in [0.1, 0.15) is 5.58 Å². The first-order chi connectivity index (χ1) is 11.1. The molecular formula is C16H17ClO6. The van der Waals surface area contributed by atoms with Crippen LogP contribution in [0.3, 0.4) is 0 Å². The third kappa shape index (κ3) is 4.16. The zero-order valence-corrected chi connectivity index (χ0v) is 13.6. The lowest BCUT2D eigenvalue weighted by Crippen LogP contribution is -2.11. The number of ether oxygens (including phenoxy) is 3. The molecule has 0 unspecified atom stereocenters. The molecule has 0 aliphatic heterocycles. The smallest absolute Gasteiger partial charge is 0.378 e. The summed E-state index contributed by atoms with van der Waals surface area (Å²) in [4.78, 5) is 23.4. The van der Waals surface area contributed by atoms with Crippen LogP contribution in [0, 0.1) is 0 Å². The van der Waals surface area contributed by atoms with Crippen molar-refractivity contribution in [1.82, 2.24) is 0 Å². The van der Waals surface area contributed by atoms with Crippen molar-refractivity contribution in [3.8, 4) is 5.75 Å². The zero-order chi connectivity index (χ0) is 16.8. The van der Waals surface area contributed by atoms with Gasteiger partial charge < -0.3 is 18.6 Å². The lowest BCUT2D eigenvalue weighted by molar-refractivity contribution is -0.143. The second-order valence-electron chi connectivity index (χ2n) is 4.52. The summed E-state index contributed by atoms with van der Waals surface area (Å²) in [6, 6.07) is 4.91. The van der Waals surface area contributed by atoms with Crippen LogP contribution in [-0.2, 0) is 14.3 Å². The van der Waals surface area contributed by atoms with Crippen molar-refractivity contribution >= 4 is 34.5 Å². The standard InChI is InChI=1S/C16H17ClO6/c1-3-20-13(18)7-8-22-14-11-9-10(17)5-6-12(11)23-15(14)16(19)21-4-2/h5-6,9H,3-4,7-8H2,1-2H3. The first-order valence-corrected chi connectivity index (χ1v) is 7.62. The van der Waals surface area contributed by atoms with Crippen LogP contribution in [0.4, 0.5) is 0 Å². The lowest BCUT2D eigenvalue weighted by Gasteiger charge is -2.06. The van der Waals surface area contributed by atoms with E-state index in [-0.39, 0.29) is 37.1 Å². The van der Waals surface area contributed by atoms with Gasteiger partial charge in [-0.2, -0.15) is 0 Å². The van der Waals surface area contributed by atoms with Crippen LogP contribution >= 0.6 is 11.6 Å². The summed E-state index contributed by atoms with van der Waals surface area (Å²) >= 11 is 5.98. The minimum absolute atomic E-state index is 0.0480. The first kappa shape index (κ1) is 17.1. The minimum Gasteiger partial charge on any atom is -0.488 e. The Morgan fingerprint density at radius 2 is 1.91 bits per heavy atom. The molecule has 0 atom stereocenters. The second kappa shape index (κ2) is 7.87. The first-order valence-electron chi connectivity index (χ1n) is 7.24. The maximum Gasteiger partial charge on any atom is 0.378 e. The fourth-order valence-electron chi connectivity index (χ4n) is 1.99. The highest BCUT2D eigenvalue weighted by molar-refractivity contribution is 6.31. The van der Waals surface area contributed by atoms with E-state index in [0.29, 0.717) is 22.6 Å². The van der Waals surface area contributed by atoms with Crippen LogP contribution < -0.4 is 4.74 Å². The largest absolute Gasteiger partial charge is 0.488 e. The van der Waals surface area contributed by atoms with Crippen molar-refractivity contribution in [2.24, 2.45) is 0 Å². The van der Waals surface area contributed by atoms with Gasteiger partial charge in [0.2, 0.25) is 0 Å². The maximum absolute atomic E-state index is 12.0. The Kier molecular flexibility index (Phi) is 5.87. The van der Waals surface area contributed by atoms with E-state index in [1.165, 1.54) is 0 Å². The van der Waals surface area contributed by atoms with Gasteiger partial charge in [-0.1, -0.05) is 11.6 Å². The van der Waals surface area contributed by atoms with Gasteiger partial charge >= 0.3 is 11.9 Å². The summed E-state index contributed by atoms with van der Waals surface area (Å²) in [5, 5.41) is 1.02. The maximum atomic E-state index is 12.0. The topological polar surface area (TPSA) is 75.0 Å². The van der Waals surface area contributed by atoms with Gasteiger partial charge in [-0.3, -0.25) is 4.79 Å². The molecule has 0 saturated heterocycles. The summed E-state index contributed by atoms with van der Waals surface area (Å²) < 4.78 is 20.9. The van der Waals surface area contributed by atoms with Crippen LogP contribution in [0.2, 0.25) is 5.02 Å². The third-order valence-corrected chi connectivity index (χ3v) is 3.16. The Morgan fingerprint density at radius 3 is 2.61 bits per heavy atom. The molecule has 23 heavy (non-hydrogen) atoms. The van der Waals surface area contributed by atoms with Crippen LogP contribution in [0.25, 0.3) is 11.0 Å². The van der Waals surface area contributed by atoms with Crippen LogP contribution in [0.1, 0.15) is 30.8 Å². The fourth-order valence-corrected chi connectivity index (χ4v) is 2.16. The van der Waals surface area contributed by atoms with E-state index in [2.05, 4.69) is 0 Å². The van der Waals surface area contributed by atoms with Crippen molar-refractivity contribution in [2.75, 3.05) is 19.8 Å². The molecule has 0 amide bonds. The van der Waals surface area contributed by atoms with Crippen LogP contribution in [0.5, 0.6) is 5.75 Å². The number of hydrogen-bond acceptors (Lipinski definition) is 6. The van der Waals surface area contributed by atoms with Crippen molar-refractivity contribution < 1.29 is 28.2 Å². The summed E-state index contributed by atoms with van der Waals surface area (Å²) in [5.74, 6) is -0.847. The summed E-state index contributed by atoms with van der Waals surface area (Å²) in [6.07, 6.45) is 0.0589. The number of benzene rings is 1. The quantitative estimate of drug-likeness (QED) is 0.717. The predicted molar refractivity (Wildman–Crippen MR) is 83.9 cm³/mol. The second-order valence-corrected chi connectivity index (χ2v) is 4.96. The van der Waals surface area contributed by atoms with E-state index in [4.69, 9.17) is 30.2 Å². The number of halogens is 1. The van der Waals surface area contributed by atoms with E-state index in [1.807, 2.05) is 0 Å². The van der Waals surface area contributed by atoms with E-state index in [9.17, 15) is 9.59 Å². The monoisotopic (exact) mass is 340 g/mol. The number of hydrogen-bond donors (Lipinski definition) is 0. The molecule has 0 spiro atoms. The molecule has 0 aliphatic rings. The highest BCUT2D eigenvalue weighted by Gasteiger charge is 2.23. The molecule has 0 fully saturated rings. The van der Waals surface area contributed by atoms with E-state index >= 15 is 0 Å². The van der Waals surface area contributed by atoms with Crippen molar-refractivity contribution in [1.29, 1.82) is 0 Å². The van der Waals surface area contributed by atoms with Gasteiger partial charge in [-0.25, -0.2) is 4.79 Å². The van der Waals surface area contributed by atoms with Crippen molar-refractivity contribution in [3.63, 3.8) is 0 Å². The average Bonchev–Trinajstić information content (AvgIpc) is 2.86. The van der Waals surface area contributed by atoms with E-state index in [1.54, 1.807) is 32.0 Å². The number of carbonyl (C=O) groups is 2.